The van der Waals surface area contributed by atoms with E-state index in [2.05, 4.69) is 30.7 Å². The van der Waals surface area contributed by atoms with E-state index in [1.807, 2.05) is 6.07 Å². The van der Waals surface area contributed by atoms with E-state index >= 15 is 0 Å². The monoisotopic (exact) mass is 366 g/mol. The third-order valence-corrected chi connectivity index (χ3v) is 3.62. The number of nitriles is 1. The predicted molar refractivity (Wildman–Crippen MR) is 93.5 cm³/mol. The molecule has 0 fully saturated rings. The summed E-state index contributed by atoms with van der Waals surface area (Å²) in [4.78, 5) is 25.1. The van der Waals surface area contributed by atoms with Gasteiger partial charge in [0.15, 0.2) is 5.82 Å². The van der Waals surface area contributed by atoms with Gasteiger partial charge in [0.25, 0.3) is 11.9 Å². The molecule has 0 aliphatic rings. The number of hydrogen-bond donors (Lipinski definition) is 2. The summed E-state index contributed by atoms with van der Waals surface area (Å²) in [6.07, 6.45) is 3.12. The Hall–Kier alpha value is -3.87. The average molecular weight is 366 g/mol. The van der Waals surface area contributed by atoms with Gasteiger partial charge in [-0.05, 0) is 31.2 Å². The molecule has 0 saturated carbocycles. The van der Waals surface area contributed by atoms with Gasteiger partial charge in [-0.1, -0.05) is 0 Å². The first-order valence-corrected chi connectivity index (χ1v) is 7.95. The van der Waals surface area contributed by atoms with Crippen molar-refractivity contribution in [3.63, 3.8) is 0 Å². The SMILES string of the molecule is CNc1nc(C(C)NC(=O)c2cc(F)cc(C#N)c2)n(-c2ncccn2)n1. The number of rotatable bonds is 5. The zero-order chi connectivity index (χ0) is 19.4. The molecular formula is C17H15FN8O. The summed E-state index contributed by atoms with van der Waals surface area (Å²) in [5.74, 6) is -0.204. The topological polar surface area (TPSA) is 121 Å². The third kappa shape index (κ3) is 3.87. The second-order valence-electron chi connectivity index (χ2n) is 5.54. The minimum absolute atomic E-state index is 0.0364. The molecule has 1 atom stereocenters. The van der Waals surface area contributed by atoms with E-state index in [0.29, 0.717) is 17.7 Å². The van der Waals surface area contributed by atoms with Crippen molar-refractivity contribution in [3.05, 3.63) is 59.4 Å². The van der Waals surface area contributed by atoms with Crippen LogP contribution in [0.1, 0.15) is 34.7 Å². The van der Waals surface area contributed by atoms with Crippen LogP contribution in [0.15, 0.2) is 36.7 Å². The number of nitrogens with one attached hydrogen (secondary N) is 2. The zero-order valence-electron chi connectivity index (χ0n) is 14.5. The van der Waals surface area contributed by atoms with E-state index in [1.54, 1.807) is 32.4 Å². The number of benzene rings is 1. The Bertz CT molecular complexity index is 1010. The first kappa shape index (κ1) is 17.9. The Morgan fingerprint density at radius 3 is 2.70 bits per heavy atom. The van der Waals surface area contributed by atoms with Gasteiger partial charge in [-0.2, -0.15) is 14.9 Å². The lowest BCUT2D eigenvalue weighted by Crippen LogP contribution is -2.29. The molecule has 0 bridgehead atoms. The fourth-order valence-electron chi connectivity index (χ4n) is 2.39. The van der Waals surface area contributed by atoms with E-state index < -0.39 is 17.8 Å². The minimum Gasteiger partial charge on any atom is -0.356 e. The number of nitrogens with zero attached hydrogens (tertiary/aromatic N) is 6. The molecule has 3 aromatic rings. The maximum Gasteiger partial charge on any atom is 0.252 e. The first-order valence-electron chi connectivity index (χ1n) is 7.95. The Balaban J connectivity index is 1.89. The van der Waals surface area contributed by atoms with Gasteiger partial charge in [-0.15, -0.1) is 5.10 Å². The molecule has 0 saturated heterocycles. The van der Waals surface area contributed by atoms with E-state index in [-0.39, 0.29) is 11.1 Å². The molecule has 1 amide bonds. The highest BCUT2D eigenvalue weighted by Gasteiger charge is 2.21. The van der Waals surface area contributed by atoms with Gasteiger partial charge in [0, 0.05) is 25.0 Å². The van der Waals surface area contributed by atoms with Crippen LogP contribution in [0.3, 0.4) is 0 Å². The summed E-state index contributed by atoms with van der Waals surface area (Å²) in [7, 11) is 1.66. The van der Waals surface area contributed by atoms with Crippen LogP contribution in [-0.2, 0) is 0 Å². The molecule has 1 unspecified atom stereocenters. The van der Waals surface area contributed by atoms with Crippen LogP contribution in [-0.4, -0.2) is 37.7 Å². The Kier molecular flexibility index (Phi) is 5.03. The number of anilines is 1. The summed E-state index contributed by atoms with van der Waals surface area (Å²) in [5, 5.41) is 18.7. The highest BCUT2D eigenvalue weighted by molar-refractivity contribution is 5.94. The summed E-state index contributed by atoms with van der Waals surface area (Å²) >= 11 is 0. The van der Waals surface area contributed by atoms with E-state index in [4.69, 9.17) is 5.26 Å². The molecular weight excluding hydrogens is 351 g/mol. The van der Waals surface area contributed by atoms with Crippen molar-refractivity contribution < 1.29 is 9.18 Å². The van der Waals surface area contributed by atoms with Crippen LogP contribution in [0.5, 0.6) is 0 Å². The molecule has 136 valence electrons. The predicted octanol–water partition coefficient (Wildman–Crippen LogP) is 1.60. The van der Waals surface area contributed by atoms with Crippen LogP contribution in [0, 0.1) is 17.1 Å². The molecule has 0 spiro atoms. The minimum atomic E-state index is -0.662. The molecule has 0 radical (unpaired) electrons. The molecule has 1 aromatic carbocycles. The molecule has 9 nitrogen and oxygen atoms in total. The summed E-state index contributed by atoms with van der Waals surface area (Å²) in [5.41, 5.74) is 0.0976. The fraction of sp³-hybridized carbons (Fsp3) is 0.176. The van der Waals surface area contributed by atoms with Crippen molar-refractivity contribution in [3.8, 4) is 12.0 Å². The number of carbonyl (C=O) groups is 1. The molecule has 3 rings (SSSR count). The largest absolute Gasteiger partial charge is 0.356 e. The van der Waals surface area contributed by atoms with Crippen LogP contribution in [0.4, 0.5) is 10.3 Å². The number of halogens is 1. The lowest BCUT2D eigenvalue weighted by Gasteiger charge is -2.14. The number of hydrogen-bond acceptors (Lipinski definition) is 7. The highest BCUT2D eigenvalue weighted by atomic mass is 19.1. The van der Waals surface area contributed by atoms with E-state index in [1.165, 1.54) is 10.7 Å². The van der Waals surface area contributed by atoms with Crippen LogP contribution in [0.2, 0.25) is 0 Å². The first-order chi connectivity index (χ1) is 13.0. The van der Waals surface area contributed by atoms with Crippen molar-refractivity contribution in [1.82, 2.24) is 30.0 Å². The van der Waals surface area contributed by atoms with Gasteiger partial charge < -0.3 is 10.6 Å². The number of aromatic nitrogens is 5. The van der Waals surface area contributed by atoms with E-state index in [0.717, 1.165) is 12.1 Å². The third-order valence-electron chi connectivity index (χ3n) is 3.62. The molecule has 27 heavy (non-hydrogen) atoms. The second kappa shape index (κ2) is 7.57. The number of amides is 1. The maximum absolute atomic E-state index is 13.6. The van der Waals surface area contributed by atoms with Crippen molar-refractivity contribution >= 4 is 11.9 Å². The maximum atomic E-state index is 13.6. The highest BCUT2D eigenvalue weighted by Crippen LogP contribution is 2.17. The lowest BCUT2D eigenvalue weighted by molar-refractivity contribution is 0.0937. The quantitative estimate of drug-likeness (QED) is 0.703. The zero-order valence-corrected chi connectivity index (χ0v) is 14.5. The summed E-state index contributed by atoms with van der Waals surface area (Å²) < 4.78 is 15.0. The van der Waals surface area contributed by atoms with Crippen molar-refractivity contribution in [2.24, 2.45) is 0 Å². The molecule has 0 aliphatic carbocycles. The smallest absolute Gasteiger partial charge is 0.252 e. The summed E-state index contributed by atoms with van der Waals surface area (Å²) in [6, 6.07) is 6.33. The van der Waals surface area contributed by atoms with Crippen molar-refractivity contribution in [1.29, 1.82) is 5.26 Å². The van der Waals surface area contributed by atoms with Gasteiger partial charge in [0.1, 0.15) is 5.82 Å². The molecule has 0 aliphatic heterocycles. The van der Waals surface area contributed by atoms with Crippen LogP contribution >= 0.6 is 0 Å². The normalized spacial score (nSPS) is 11.5. The molecule has 2 N–H and O–H groups in total. The molecule has 2 aromatic heterocycles. The standard InChI is InChI=1S/C17H15FN8O/c1-10(23-15(27)12-6-11(9-19)7-13(18)8-12)14-24-16(20-2)25-26(14)17-21-4-3-5-22-17/h3-8,10H,1-2H3,(H,20,25)(H,23,27). The Morgan fingerprint density at radius 1 is 1.30 bits per heavy atom. The van der Waals surface area contributed by atoms with Crippen LogP contribution in [0.25, 0.3) is 5.95 Å². The van der Waals surface area contributed by atoms with E-state index in [9.17, 15) is 9.18 Å². The second-order valence-corrected chi connectivity index (χ2v) is 5.54. The van der Waals surface area contributed by atoms with Gasteiger partial charge in [0.2, 0.25) is 5.95 Å². The Morgan fingerprint density at radius 2 is 2.04 bits per heavy atom. The van der Waals surface area contributed by atoms with Crippen molar-refractivity contribution in [2.75, 3.05) is 12.4 Å². The molecule has 10 heteroatoms. The van der Waals surface area contributed by atoms with Crippen molar-refractivity contribution in [2.45, 2.75) is 13.0 Å². The Labute approximate surface area is 153 Å². The lowest BCUT2D eigenvalue weighted by atomic mass is 10.1. The molecule has 2 heterocycles. The number of carbonyl (C=O) groups excluding carboxylic acids is 1. The average Bonchev–Trinajstić information content (AvgIpc) is 3.12. The van der Waals surface area contributed by atoms with Gasteiger partial charge in [-0.3, -0.25) is 4.79 Å². The van der Waals surface area contributed by atoms with Gasteiger partial charge in [0.05, 0.1) is 17.7 Å². The fourth-order valence-corrected chi connectivity index (χ4v) is 2.39. The van der Waals surface area contributed by atoms with Crippen LogP contribution < -0.4 is 10.6 Å². The van der Waals surface area contributed by atoms with Gasteiger partial charge in [-0.25, -0.2) is 14.4 Å². The van der Waals surface area contributed by atoms with Gasteiger partial charge >= 0.3 is 0 Å². The summed E-state index contributed by atoms with van der Waals surface area (Å²) in [6.45, 7) is 1.70.